The number of rotatable bonds is 4. The monoisotopic (exact) mass is 234 g/mol. The number of ether oxygens (including phenoxy) is 1. The summed E-state index contributed by atoms with van der Waals surface area (Å²) in [6.07, 6.45) is 0. The Labute approximate surface area is 100 Å². The third-order valence-electron chi connectivity index (χ3n) is 1.80. The average Bonchev–Trinajstić information content (AvgIpc) is 2.29. The molecule has 0 radical (unpaired) electrons. The Morgan fingerprint density at radius 2 is 2.06 bits per heavy atom. The minimum Gasteiger partial charge on any atom is -0.497 e. The van der Waals surface area contributed by atoms with Crippen molar-refractivity contribution in [2.45, 2.75) is 6.92 Å². The minimum absolute atomic E-state index is 0.191. The molecule has 0 N–H and O–H groups in total. The van der Waals surface area contributed by atoms with Gasteiger partial charge in [-0.15, -0.1) is 11.8 Å². The molecule has 0 unspecified atom stereocenters. The summed E-state index contributed by atoms with van der Waals surface area (Å²) in [6, 6.07) is 7.60. The molecule has 0 fully saturated rings. The van der Waals surface area contributed by atoms with Crippen LogP contribution < -0.4 is 4.74 Å². The van der Waals surface area contributed by atoms with Gasteiger partial charge >= 0.3 is 0 Å². The van der Waals surface area contributed by atoms with Gasteiger partial charge in [-0.2, -0.15) is 0 Å². The Balaban J connectivity index is 2.41. The number of ketones is 1. The molecule has 0 heterocycles. The second-order valence-corrected chi connectivity index (χ2v) is 4.21. The molecule has 1 aromatic carbocycles. The van der Waals surface area contributed by atoms with Crippen molar-refractivity contribution in [3.05, 3.63) is 29.8 Å². The van der Waals surface area contributed by atoms with E-state index in [2.05, 4.69) is 11.8 Å². The van der Waals surface area contributed by atoms with Crippen LogP contribution in [0, 0.1) is 11.8 Å². The van der Waals surface area contributed by atoms with E-state index in [1.54, 1.807) is 25.8 Å². The molecule has 0 amide bonds. The van der Waals surface area contributed by atoms with Crippen molar-refractivity contribution in [2.24, 2.45) is 0 Å². The maximum Gasteiger partial charge on any atom is 0.139 e. The van der Waals surface area contributed by atoms with E-state index in [0.29, 0.717) is 11.5 Å². The van der Waals surface area contributed by atoms with Crippen molar-refractivity contribution in [3.63, 3.8) is 0 Å². The highest BCUT2D eigenvalue weighted by Gasteiger charge is 1.91. The fourth-order valence-electron chi connectivity index (χ4n) is 1.06. The average molecular weight is 234 g/mol. The van der Waals surface area contributed by atoms with E-state index in [9.17, 15) is 4.79 Å². The first-order valence-electron chi connectivity index (χ1n) is 4.92. The zero-order chi connectivity index (χ0) is 11.8. The van der Waals surface area contributed by atoms with Crippen molar-refractivity contribution in [1.82, 2.24) is 0 Å². The lowest BCUT2D eigenvalue weighted by Gasteiger charge is -1.97. The van der Waals surface area contributed by atoms with Gasteiger partial charge in [-0.05, 0) is 31.2 Å². The molecule has 3 heteroatoms. The zero-order valence-electron chi connectivity index (χ0n) is 9.45. The van der Waals surface area contributed by atoms with E-state index in [1.165, 1.54) is 0 Å². The second kappa shape index (κ2) is 6.97. The van der Waals surface area contributed by atoms with Crippen LogP contribution >= 0.6 is 11.8 Å². The van der Waals surface area contributed by atoms with Gasteiger partial charge in [-0.1, -0.05) is 11.8 Å². The minimum atomic E-state index is 0.191. The number of thioether (sulfide) groups is 1. The highest BCUT2D eigenvalue weighted by Crippen LogP contribution is 2.10. The number of methoxy groups -OCH3 is 1. The maximum absolute atomic E-state index is 10.7. The van der Waals surface area contributed by atoms with Crippen LogP contribution in [0.5, 0.6) is 5.75 Å². The van der Waals surface area contributed by atoms with E-state index in [1.807, 2.05) is 24.3 Å². The van der Waals surface area contributed by atoms with Gasteiger partial charge in [0.2, 0.25) is 0 Å². The zero-order valence-corrected chi connectivity index (χ0v) is 10.3. The molecule has 0 bridgehead atoms. The third-order valence-corrected chi connectivity index (χ3v) is 2.76. The quantitative estimate of drug-likeness (QED) is 0.591. The van der Waals surface area contributed by atoms with Gasteiger partial charge < -0.3 is 4.74 Å². The van der Waals surface area contributed by atoms with E-state index in [-0.39, 0.29) is 5.78 Å². The number of Topliss-reactive ketones (excluding diaryl/α,β-unsaturated/α-hetero) is 1. The molecule has 1 aromatic rings. The summed E-state index contributed by atoms with van der Waals surface area (Å²) in [6.45, 7) is 1.59. The van der Waals surface area contributed by atoms with E-state index in [4.69, 9.17) is 4.74 Å². The first kappa shape index (κ1) is 12.7. The summed E-state index contributed by atoms with van der Waals surface area (Å²) in [4.78, 5) is 10.7. The van der Waals surface area contributed by atoms with Crippen LogP contribution in [0.15, 0.2) is 24.3 Å². The molecule has 16 heavy (non-hydrogen) atoms. The Kier molecular flexibility index (Phi) is 5.52. The summed E-state index contributed by atoms with van der Waals surface area (Å²) in [7, 11) is 1.64. The Morgan fingerprint density at radius 3 is 2.62 bits per heavy atom. The van der Waals surface area contributed by atoms with Gasteiger partial charge in [0.1, 0.15) is 11.5 Å². The molecule has 0 saturated heterocycles. The Bertz CT molecular complexity index is 398. The molecule has 0 saturated carbocycles. The maximum atomic E-state index is 10.7. The molecule has 0 aliphatic rings. The number of carbonyl (C=O) groups is 1. The van der Waals surface area contributed by atoms with Crippen molar-refractivity contribution in [3.8, 4) is 17.6 Å². The van der Waals surface area contributed by atoms with E-state index >= 15 is 0 Å². The van der Waals surface area contributed by atoms with Gasteiger partial charge in [0, 0.05) is 5.56 Å². The van der Waals surface area contributed by atoms with Crippen molar-refractivity contribution >= 4 is 17.5 Å². The van der Waals surface area contributed by atoms with Crippen molar-refractivity contribution in [2.75, 3.05) is 18.6 Å². The van der Waals surface area contributed by atoms with E-state index in [0.717, 1.165) is 11.3 Å². The molecule has 84 valence electrons. The second-order valence-electron chi connectivity index (χ2n) is 3.23. The summed E-state index contributed by atoms with van der Waals surface area (Å²) in [5, 5.41) is 0. The van der Waals surface area contributed by atoms with Gasteiger partial charge in [0.25, 0.3) is 0 Å². The van der Waals surface area contributed by atoms with Crippen molar-refractivity contribution in [1.29, 1.82) is 0 Å². The van der Waals surface area contributed by atoms with Gasteiger partial charge in [0.15, 0.2) is 0 Å². The molecular formula is C13H14O2S. The summed E-state index contributed by atoms with van der Waals surface area (Å²) < 4.78 is 5.05. The third kappa shape index (κ3) is 4.90. The molecule has 0 aromatic heterocycles. The first-order valence-corrected chi connectivity index (χ1v) is 6.08. The van der Waals surface area contributed by atoms with Crippen LogP contribution in [-0.2, 0) is 4.79 Å². The summed E-state index contributed by atoms with van der Waals surface area (Å²) >= 11 is 1.54. The van der Waals surface area contributed by atoms with Gasteiger partial charge in [-0.3, -0.25) is 4.79 Å². The standard InChI is InChI=1S/C13H14O2S/c1-11(14)10-16-9-3-4-12-5-7-13(15-2)8-6-12/h5-8H,9-10H2,1-2H3. The van der Waals surface area contributed by atoms with Crippen LogP contribution in [0.4, 0.5) is 0 Å². The fraction of sp³-hybridized carbons (Fsp3) is 0.308. The number of carbonyl (C=O) groups excluding carboxylic acids is 1. The van der Waals surface area contributed by atoms with Crippen LogP contribution in [0.25, 0.3) is 0 Å². The fourth-order valence-corrected chi connectivity index (χ4v) is 1.62. The Hall–Kier alpha value is -1.40. The molecular weight excluding hydrogens is 220 g/mol. The lowest BCUT2D eigenvalue weighted by Crippen LogP contribution is -1.93. The highest BCUT2D eigenvalue weighted by molar-refractivity contribution is 8.00. The predicted octanol–water partition coefficient (Wildman–Crippen LogP) is 2.37. The van der Waals surface area contributed by atoms with Crippen LogP contribution in [0.2, 0.25) is 0 Å². The highest BCUT2D eigenvalue weighted by atomic mass is 32.2. The molecule has 0 spiro atoms. The summed E-state index contributed by atoms with van der Waals surface area (Å²) in [5.41, 5.74) is 0.962. The van der Waals surface area contributed by atoms with Crippen molar-refractivity contribution < 1.29 is 9.53 Å². The molecule has 0 atom stereocenters. The predicted molar refractivity (Wildman–Crippen MR) is 67.9 cm³/mol. The number of hydrogen-bond donors (Lipinski definition) is 0. The number of benzene rings is 1. The molecule has 2 nitrogen and oxygen atoms in total. The lowest BCUT2D eigenvalue weighted by atomic mass is 10.2. The van der Waals surface area contributed by atoms with Gasteiger partial charge in [-0.25, -0.2) is 0 Å². The largest absolute Gasteiger partial charge is 0.497 e. The smallest absolute Gasteiger partial charge is 0.139 e. The molecule has 0 aliphatic carbocycles. The molecule has 0 aliphatic heterocycles. The van der Waals surface area contributed by atoms with E-state index < -0.39 is 0 Å². The van der Waals surface area contributed by atoms with Crippen LogP contribution in [-0.4, -0.2) is 24.4 Å². The van der Waals surface area contributed by atoms with Crippen LogP contribution in [0.1, 0.15) is 12.5 Å². The summed E-state index contributed by atoms with van der Waals surface area (Å²) in [5.74, 6) is 8.29. The van der Waals surface area contributed by atoms with Gasteiger partial charge in [0.05, 0.1) is 18.6 Å². The van der Waals surface area contributed by atoms with Crippen LogP contribution in [0.3, 0.4) is 0 Å². The SMILES string of the molecule is COc1ccc(C#CCSCC(C)=O)cc1. The molecule has 1 rings (SSSR count). The number of hydrogen-bond acceptors (Lipinski definition) is 3. The topological polar surface area (TPSA) is 26.3 Å². The first-order chi connectivity index (χ1) is 7.72. The Morgan fingerprint density at radius 1 is 1.38 bits per heavy atom. The normalized spacial score (nSPS) is 9.12. The lowest BCUT2D eigenvalue weighted by molar-refractivity contribution is -0.114.